The first-order valence-electron chi connectivity index (χ1n) is 7.55. The van der Waals surface area contributed by atoms with Crippen molar-refractivity contribution in [3.63, 3.8) is 0 Å². The predicted octanol–water partition coefficient (Wildman–Crippen LogP) is 0.108. The minimum absolute atomic E-state index is 0.365. The van der Waals surface area contributed by atoms with E-state index in [2.05, 4.69) is 26.9 Å². The summed E-state index contributed by atoms with van der Waals surface area (Å²) in [5, 5.41) is 3.30. The molecule has 1 fully saturated rings. The zero-order chi connectivity index (χ0) is 15.1. The number of aromatic nitrogens is 2. The zero-order valence-corrected chi connectivity index (χ0v) is 13.3. The van der Waals surface area contributed by atoms with Crippen LogP contribution < -0.4 is 10.0 Å². The second kappa shape index (κ2) is 7.88. The van der Waals surface area contributed by atoms with Gasteiger partial charge in [0.05, 0.1) is 0 Å². The Morgan fingerprint density at radius 3 is 3.10 bits per heavy atom. The second-order valence-corrected chi connectivity index (χ2v) is 7.11. The first kappa shape index (κ1) is 16.4. The van der Waals surface area contributed by atoms with Gasteiger partial charge in [-0.15, -0.1) is 0 Å². The molecule has 1 aliphatic heterocycles. The third kappa shape index (κ3) is 5.06. The fourth-order valence-electron chi connectivity index (χ4n) is 2.58. The quantitative estimate of drug-likeness (QED) is 0.635. The van der Waals surface area contributed by atoms with Gasteiger partial charge >= 0.3 is 0 Å². The van der Waals surface area contributed by atoms with Crippen molar-refractivity contribution in [3.05, 3.63) is 18.2 Å². The van der Waals surface area contributed by atoms with Crippen molar-refractivity contribution in [2.75, 3.05) is 32.7 Å². The number of aromatic amines is 1. The highest BCUT2D eigenvalue weighted by molar-refractivity contribution is 7.87. The number of rotatable bonds is 8. The van der Waals surface area contributed by atoms with E-state index in [1.165, 1.54) is 0 Å². The van der Waals surface area contributed by atoms with Crippen molar-refractivity contribution < 1.29 is 8.42 Å². The summed E-state index contributed by atoms with van der Waals surface area (Å²) in [4.78, 5) is 7.05. The fraction of sp³-hybridized carbons (Fsp3) is 0.769. The molecule has 120 valence electrons. The summed E-state index contributed by atoms with van der Waals surface area (Å²) in [5.41, 5.74) is 0. The lowest BCUT2D eigenvalue weighted by atomic mass is 10.00. The van der Waals surface area contributed by atoms with Gasteiger partial charge in [0.2, 0.25) is 0 Å². The molecule has 7 nitrogen and oxygen atoms in total. The Kier molecular flexibility index (Phi) is 6.16. The minimum Gasteiger partial charge on any atom is -0.349 e. The van der Waals surface area contributed by atoms with Crippen LogP contribution in [0.5, 0.6) is 0 Å². The highest BCUT2D eigenvalue weighted by Gasteiger charge is 2.28. The summed E-state index contributed by atoms with van der Waals surface area (Å²) >= 11 is 0. The molecule has 1 unspecified atom stereocenters. The van der Waals surface area contributed by atoms with Crippen molar-refractivity contribution in [1.82, 2.24) is 24.3 Å². The minimum atomic E-state index is -3.38. The van der Waals surface area contributed by atoms with Gasteiger partial charge in [-0.2, -0.15) is 12.7 Å². The summed E-state index contributed by atoms with van der Waals surface area (Å²) < 4.78 is 28.8. The lowest BCUT2D eigenvalue weighted by molar-refractivity contribution is 0.259. The summed E-state index contributed by atoms with van der Waals surface area (Å²) in [6.07, 6.45) is 5.99. The van der Waals surface area contributed by atoms with E-state index in [1.54, 1.807) is 16.7 Å². The molecular weight excluding hydrogens is 290 g/mol. The van der Waals surface area contributed by atoms with E-state index >= 15 is 0 Å². The van der Waals surface area contributed by atoms with Gasteiger partial charge in [-0.25, -0.2) is 9.71 Å². The SMILES string of the molecule is CCNCC1CCCN(S(=O)(=O)NCCc2ncc[nH]2)C1. The van der Waals surface area contributed by atoms with Gasteiger partial charge in [-0.3, -0.25) is 0 Å². The molecule has 1 atom stereocenters. The Hall–Kier alpha value is -0.960. The molecule has 1 aliphatic rings. The number of nitrogens with zero attached hydrogens (tertiary/aromatic N) is 2. The molecule has 2 heterocycles. The molecular formula is C13H25N5O2S. The molecule has 0 aliphatic carbocycles. The molecule has 0 radical (unpaired) electrons. The standard InChI is InChI=1S/C13H25N5O2S/c1-2-14-10-12-4-3-9-18(11-12)21(19,20)17-6-5-13-15-7-8-16-13/h7-8,12,14,17H,2-6,9-11H2,1H3,(H,15,16). The Morgan fingerprint density at radius 2 is 2.38 bits per heavy atom. The molecule has 21 heavy (non-hydrogen) atoms. The molecule has 0 amide bonds. The van der Waals surface area contributed by atoms with Gasteiger partial charge in [0.25, 0.3) is 10.2 Å². The van der Waals surface area contributed by atoms with E-state index in [1.807, 2.05) is 0 Å². The van der Waals surface area contributed by atoms with Crippen molar-refractivity contribution >= 4 is 10.2 Å². The summed E-state index contributed by atoms with van der Waals surface area (Å²) in [7, 11) is -3.38. The number of hydrogen-bond acceptors (Lipinski definition) is 4. The van der Waals surface area contributed by atoms with Crippen LogP contribution in [-0.2, 0) is 16.6 Å². The third-order valence-corrected chi connectivity index (χ3v) is 5.29. The van der Waals surface area contributed by atoms with Gasteiger partial charge in [0.1, 0.15) is 5.82 Å². The van der Waals surface area contributed by atoms with Gasteiger partial charge in [-0.05, 0) is 31.8 Å². The molecule has 0 bridgehead atoms. The first-order valence-corrected chi connectivity index (χ1v) is 8.99. The van der Waals surface area contributed by atoms with Gasteiger partial charge in [0.15, 0.2) is 0 Å². The van der Waals surface area contributed by atoms with Crippen LogP contribution in [0.1, 0.15) is 25.6 Å². The van der Waals surface area contributed by atoms with Gasteiger partial charge < -0.3 is 10.3 Å². The number of H-pyrrole nitrogens is 1. The molecule has 2 rings (SSSR count). The Morgan fingerprint density at radius 1 is 1.52 bits per heavy atom. The van der Waals surface area contributed by atoms with E-state index < -0.39 is 10.2 Å². The second-order valence-electron chi connectivity index (χ2n) is 5.36. The Labute approximate surface area is 126 Å². The summed E-state index contributed by atoms with van der Waals surface area (Å²) in [6.45, 7) is 5.44. The molecule has 1 saturated heterocycles. The van der Waals surface area contributed by atoms with E-state index in [9.17, 15) is 8.42 Å². The van der Waals surface area contributed by atoms with Crippen LogP contribution >= 0.6 is 0 Å². The maximum Gasteiger partial charge on any atom is 0.279 e. The smallest absolute Gasteiger partial charge is 0.279 e. The molecule has 0 saturated carbocycles. The van der Waals surface area contributed by atoms with Crippen LogP contribution in [0.2, 0.25) is 0 Å². The van der Waals surface area contributed by atoms with E-state index in [0.717, 1.165) is 31.8 Å². The monoisotopic (exact) mass is 315 g/mol. The third-order valence-electron chi connectivity index (χ3n) is 3.71. The van der Waals surface area contributed by atoms with E-state index in [0.29, 0.717) is 32.0 Å². The first-order chi connectivity index (χ1) is 10.1. The number of hydrogen-bond donors (Lipinski definition) is 3. The Balaban J connectivity index is 1.80. The molecule has 1 aromatic heterocycles. The number of imidazole rings is 1. The summed E-state index contributed by atoms with van der Waals surface area (Å²) in [6, 6.07) is 0. The van der Waals surface area contributed by atoms with E-state index in [-0.39, 0.29) is 0 Å². The maximum atomic E-state index is 12.3. The van der Waals surface area contributed by atoms with E-state index in [4.69, 9.17) is 0 Å². The number of nitrogens with one attached hydrogen (secondary N) is 3. The lowest BCUT2D eigenvalue weighted by Gasteiger charge is -2.32. The zero-order valence-electron chi connectivity index (χ0n) is 12.5. The average molecular weight is 315 g/mol. The number of piperidine rings is 1. The van der Waals surface area contributed by atoms with Crippen molar-refractivity contribution in [2.24, 2.45) is 5.92 Å². The molecule has 1 aromatic rings. The van der Waals surface area contributed by atoms with Crippen molar-refractivity contribution in [2.45, 2.75) is 26.2 Å². The van der Waals surface area contributed by atoms with Crippen LogP contribution in [0.25, 0.3) is 0 Å². The van der Waals surface area contributed by atoms with Gasteiger partial charge in [0, 0.05) is 38.4 Å². The van der Waals surface area contributed by atoms with Crippen molar-refractivity contribution in [3.8, 4) is 0 Å². The largest absolute Gasteiger partial charge is 0.349 e. The van der Waals surface area contributed by atoms with Crippen LogP contribution in [-0.4, -0.2) is 55.4 Å². The summed E-state index contributed by atoms with van der Waals surface area (Å²) in [5.74, 6) is 1.20. The van der Waals surface area contributed by atoms with Crippen LogP contribution in [0.15, 0.2) is 12.4 Å². The highest BCUT2D eigenvalue weighted by atomic mass is 32.2. The maximum absolute atomic E-state index is 12.3. The normalized spacial score (nSPS) is 20.7. The fourth-order valence-corrected chi connectivity index (χ4v) is 3.90. The Bertz CT molecular complexity index is 503. The van der Waals surface area contributed by atoms with Crippen LogP contribution in [0.4, 0.5) is 0 Å². The van der Waals surface area contributed by atoms with Crippen LogP contribution in [0, 0.1) is 5.92 Å². The molecule has 3 N–H and O–H groups in total. The van der Waals surface area contributed by atoms with Crippen molar-refractivity contribution in [1.29, 1.82) is 0 Å². The lowest BCUT2D eigenvalue weighted by Crippen LogP contribution is -2.48. The highest BCUT2D eigenvalue weighted by Crippen LogP contribution is 2.17. The molecule has 0 aromatic carbocycles. The topological polar surface area (TPSA) is 90.1 Å². The predicted molar refractivity (Wildman–Crippen MR) is 82.1 cm³/mol. The molecule has 0 spiro atoms. The molecule has 8 heteroatoms. The van der Waals surface area contributed by atoms with Gasteiger partial charge in [-0.1, -0.05) is 6.92 Å². The average Bonchev–Trinajstić information content (AvgIpc) is 2.98. The van der Waals surface area contributed by atoms with Crippen LogP contribution in [0.3, 0.4) is 0 Å².